The Hall–Kier alpha value is -1.66. The van der Waals surface area contributed by atoms with Crippen LogP contribution in [-0.4, -0.2) is 19.5 Å². The van der Waals surface area contributed by atoms with Gasteiger partial charge in [0.2, 0.25) is 0 Å². The van der Waals surface area contributed by atoms with Crippen LogP contribution in [0.1, 0.15) is 4.88 Å². The zero-order chi connectivity index (χ0) is 11.8. The van der Waals surface area contributed by atoms with Crippen LogP contribution in [0.5, 0.6) is 0 Å². The van der Waals surface area contributed by atoms with E-state index in [0.29, 0.717) is 18.1 Å². The first-order valence-corrected chi connectivity index (χ1v) is 6.09. The third kappa shape index (κ3) is 1.85. The van der Waals surface area contributed by atoms with Crippen molar-refractivity contribution in [1.82, 2.24) is 19.5 Å². The fraction of sp³-hybridized carbons (Fsp3) is 0.100. The predicted molar refractivity (Wildman–Crippen MR) is 67.3 cm³/mol. The number of nitrogens with zero attached hydrogens (tertiary/aromatic N) is 4. The van der Waals surface area contributed by atoms with Gasteiger partial charge >= 0.3 is 0 Å². The molecule has 3 heterocycles. The fourth-order valence-corrected chi connectivity index (χ4v) is 2.71. The lowest BCUT2D eigenvalue weighted by Gasteiger charge is -2.09. The van der Waals surface area contributed by atoms with Crippen LogP contribution in [0.2, 0.25) is 4.34 Å². The molecule has 2 aliphatic rings. The third-order valence-corrected chi connectivity index (χ3v) is 3.60. The zero-order valence-corrected chi connectivity index (χ0v) is 10.2. The first kappa shape index (κ1) is 10.5. The van der Waals surface area contributed by atoms with E-state index in [-0.39, 0.29) is 0 Å². The Kier molecular flexibility index (Phi) is 2.45. The van der Waals surface area contributed by atoms with Crippen molar-refractivity contribution in [2.45, 2.75) is 6.54 Å². The molecule has 0 atom stereocenters. The van der Waals surface area contributed by atoms with Crippen LogP contribution >= 0.6 is 22.9 Å². The first-order valence-electron chi connectivity index (χ1n) is 4.89. The highest BCUT2D eigenvalue weighted by Gasteiger charge is 2.15. The van der Waals surface area contributed by atoms with Crippen molar-refractivity contribution in [2.24, 2.45) is 0 Å². The van der Waals surface area contributed by atoms with E-state index in [0.717, 1.165) is 15.0 Å². The molecule has 5 nitrogen and oxygen atoms in total. The second-order valence-corrected chi connectivity index (χ2v) is 5.31. The highest BCUT2D eigenvalue weighted by atomic mass is 35.5. The molecule has 0 radical (unpaired) electrons. The standard InChI is InChI=1S/C10H8ClN5S/c11-7-2-1-6(17-7)3-16-5-15-9(12)8-10(16)14-4-13-8/h1-2,4-5H,3,12H2. The monoisotopic (exact) mass is 265 g/mol. The maximum Gasteiger partial charge on any atom is 0.165 e. The summed E-state index contributed by atoms with van der Waals surface area (Å²) in [5.74, 6) is 1.14. The van der Waals surface area contributed by atoms with E-state index < -0.39 is 0 Å². The minimum atomic E-state index is 0.401. The van der Waals surface area contributed by atoms with Gasteiger partial charge in [0.15, 0.2) is 11.6 Å². The summed E-state index contributed by atoms with van der Waals surface area (Å²) < 4.78 is 2.68. The largest absolute Gasteiger partial charge is 0.382 e. The number of anilines is 1. The molecule has 17 heavy (non-hydrogen) atoms. The highest BCUT2D eigenvalue weighted by molar-refractivity contribution is 7.16. The lowest BCUT2D eigenvalue weighted by atomic mass is 10.3. The number of imidazole rings is 1. The number of nitrogens with two attached hydrogens (primary N) is 1. The Labute approximate surface area is 106 Å². The van der Waals surface area contributed by atoms with Crippen molar-refractivity contribution >= 4 is 28.8 Å². The molecule has 86 valence electrons. The Balaban J connectivity index is 2.01. The summed E-state index contributed by atoms with van der Waals surface area (Å²) in [5.41, 5.74) is 6.36. The molecule has 1 aromatic heterocycles. The number of fused-ring (bicyclic) bond motifs is 1. The molecule has 0 saturated heterocycles. The molecule has 7 heteroatoms. The number of nitrogen functional groups attached to an aromatic ring is 1. The summed E-state index contributed by atoms with van der Waals surface area (Å²) in [6, 6.07) is 3.86. The molecule has 0 unspecified atom stereocenters. The summed E-state index contributed by atoms with van der Waals surface area (Å²) in [7, 11) is 0. The topological polar surface area (TPSA) is 69.6 Å². The van der Waals surface area contributed by atoms with Crippen LogP contribution in [0.15, 0.2) is 24.8 Å². The normalized spacial score (nSPS) is 11.1. The molecule has 0 amide bonds. The maximum absolute atomic E-state index is 5.89. The molecule has 0 aromatic carbocycles. The van der Waals surface area contributed by atoms with E-state index in [2.05, 4.69) is 15.0 Å². The SMILES string of the molecule is Nc1ncn(Cc2ccc(Cl)s2)c2ncnc1-2. The average Bonchev–Trinajstić information content (AvgIpc) is 2.92. The first-order chi connectivity index (χ1) is 8.24. The number of hydrogen-bond donors (Lipinski definition) is 1. The van der Waals surface area contributed by atoms with Gasteiger partial charge in [-0.05, 0) is 12.1 Å². The van der Waals surface area contributed by atoms with Gasteiger partial charge in [-0.15, -0.1) is 11.3 Å². The molecule has 3 rings (SSSR count). The van der Waals surface area contributed by atoms with Crippen molar-refractivity contribution in [3.05, 3.63) is 34.0 Å². The Morgan fingerprint density at radius 2 is 2.18 bits per heavy atom. The van der Waals surface area contributed by atoms with Gasteiger partial charge in [-0.2, -0.15) is 0 Å². The van der Waals surface area contributed by atoms with Crippen LogP contribution in [0.25, 0.3) is 11.5 Å². The van der Waals surface area contributed by atoms with E-state index in [4.69, 9.17) is 17.3 Å². The second-order valence-electron chi connectivity index (χ2n) is 3.51. The minimum absolute atomic E-state index is 0.401. The number of thiophene rings is 1. The van der Waals surface area contributed by atoms with Gasteiger partial charge in [0.1, 0.15) is 12.0 Å². The second kappa shape index (κ2) is 3.97. The third-order valence-electron chi connectivity index (χ3n) is 2.38. The molecular weight excluding hydrogens is 258 g/mol. The summed E-state index contributed by atoms with van der Waals surface area (Å²) in [4.78, 5) is 13.5. The average molecular weight is 266 g/mol. The van der Waals surface area contributed by atoms with Crippen LogP contribution in [0, 0.1) is 0 Å². The smallest absolute Gasteiger partial charge is 0.165 e. The van der Waals surface area contributed by atoms with Crippen LogP contribution in [0.3, 0.4) is 0 Å². The molecule has 0 fully saturated rings. The summed E-state index contributed by atoms with van der Waals surface area (Å²) in [6.07, 6.45) is 3.15. The maximum atomic E-state index is 5.89. The van der Waals surface area contributed by atoms with Gasteiger partial charge in [0.25, 0.3) is 0 Å². The van der Waals surface area contributed by atoms with Gasteiger partial charge in [-0.1, -0.05) is 11.6 Å². The van der Waals surface area contributed by atoms with Gasteiger partial charge in [0, 0.05) is 4.88 Å². The lowest BCUT2D eigenvalue weighted by Crippen LogP contribution is -2.08. The molecule has 0 aliphatic carbocycles. The van der Waals surface area contributed by atoms with Crippen LogP contribution in [-0.2, 0) is 6.54 Å². The van der Waals surface area contributed by atoms with Crippen molar-refractivity contribution in [3.8, 4) is 11.5 Å². The highest BCUT2D eigenvalue weighted by Crippen LogP contribution is 2.25. The van der Waals surface area contributed by atoms with Crippen molar-refractivity contribution in [2.75, 3.05) is 5.73 Å². The van der Waals surface area contributed by atoms with Crippen molar-refractivity contribution in [1.29, 1.82) is 0 Å². The molecular formula is C10H8ClN5S. The predicted octanol–water partition coefficient (Wildman–Crippen LogP) is 2.12. The van der Waals surface area contributed by atoms with Crippen molar-refractivity contribution in [3.63, 3.8) is 0 Å². The van der Waals surface area contributed by atoms with Gasteiger partial charge in [-0.3, -0.25) is 0 Å². The van der Waals surface area contributed by atoms with E-state index >= 15 is 0 Å². The van der Waals surface area contributed by atoms with Crippen LogP contribution < -0.4 is 5.73 Å². The Morgan fingerprint density at radius 1 is 1.29 bits per heavy atom. The fourth-order valence-electron chi connectivity index (χ4n) is 1.62. The molecule has 0 bridgehead atoms. The minimum Gasteiger partial charge on any atom is -0.382 e. The summed E-state index contributed by atoms with van der Waals surface area (Å²) in [5, 5.41) is 0. The molecule has 2 aliphatic heterocycles. The number of hydrogen-bond acceptors (Lipinski definition) is 5. The van der Waals surface area contributed by atoms with Gasteiger partial charge in [0.05, 0.1) is 17.2 Å². The van der Waals surface area contributed by atoms with Gasteiger partial charge in [-0.25, -0.2) is 15.0 Å². The Bertz CT molecular complexity index is 632. The van der Waals surface area contributed by atoms with E-state index in [1.165, 1.54) is 17.7 Å². The van der Waals surface area contributed by atoms with E-state index in [1.807, 2.05) is 16.7 Å². The number of rotatable bonds is 2. The molecule has 0 spiro atoms. The van der Waals surface area contributed by atoms with Crippen LogP contribution in [0.4, 0.5) is 5.82 Å². The number of halogens is 1. The quantitative estimate of drug-likeness (QED) is 0.771. The molecule has 1 aromatic rings. The molecule has 2 N–H and O–H groups in total. The molecule has 0 saturated carbocycles. The summed E-state index contributed by atoms with van der Waals surface area (Å²) >= 11 is 7.43. The zero-order valence-electron chi connectivity index (χ0n) is 8.67. The van der Waals surface area contributed by atoms with Gasteiger partial charge < -0.3 is 10.3 Å². The number of aromatic nitrogens is 4. The van der Waals surface area contributed by atoms with E-state index in [9.17, 15) is 0 Å². The van der Waals surface area contributed by atoms with Crippen molar-refractivity contribution < 1.29 is 0 Å². The van der Waals surface area contributed by atoms with E-state index in [1.54, 1.807) is 6.33 Å². The Morgan fingerprint density at radius 3 is 2.94 bits per heavy atom. The lowest BCUT2D eigenvalue weighted by molar-refractivity contribution is 0.772. The summed E-state index contributed by atoms with van der Waals surface area (Å²) in [6.45, 7) is 0.667.